The van der Waals surface area contributed by atoms with Crippen LogP contribution in [0.3, 0.4) is 0 Å². The van der Waals surface area contributed by atoms with Gasteiger partial charge < -0.3 is 4.74 Å². The van der Waals surface area contributed by atoms with Gasteiger partial charge in [0.15, 0.2) is 0 Å². The standard InChI is InChI=1S/C30H25BrN2O2/c31-26-16-17-28(35-21-22-10-4-1-5-11-22)23(18-26)20-32-33-29(34)27-19-30(27,24-12-6-2-7-13-24)25-14-8-3-9-15-25/h1-18,20,27H,19,21H2,(H,33,34)/b32-20+. The Morgan fingerprint density at radius 1 is 0.914 bits per heavy atom. The van der Waals surface area contributed by atoms with Gasteiger partial charge in [0.05, 0.1) is 12.1 Å². The lowest BCUT2D eigenvalue weighted by atomic mass is 9.85. The molecule has 5 rings (SSSR count). The predicted octanol–water partition coefficient (Wildman–Crippen LogP) is 6.48. The molecule has 0 saturated heterocycles. The molecule has 1 fully saturated rings. The molecule has 4 nitrogen and oxygen atoms in total. The van der Waals surface area contributed by atoms with Gasteiger partial charge in [0.2, 0.25) is 5.91 Å². The summed E-state index contributed by atoms with van der Waals surface area (Å²) >= 11 is 3.51. The minimum absolute atomic E-state index is 0.0873. The van der Waals surface area contributed by atoms with Crippen molar-refractivity contribution >= 4 is 28.1 Å². The molecule has 0 aliphatic heterocycles. The van der Waals surface area contributed by atoms with Gasteiger partial charge in [0, 0.05) is 15.5 Å². The van der Waals surface area contributed by atoms with Crippen LogP contribution in [0.5, 0.6) is 5.75 Å². The third kappa shape index (κ3) is 5.05. The maximum Gasteiger partial charge on any atom is 0.244 e. The number of carbonyl (C=O) groups excluding carboxylic acids is 1. The number of hydrazone groups is 1. The molecule has 0 heterocycles. The fourth-order valence-electron chi connectivity index (χ4n) is 4.59. The van der Waals surface area contributed by atoms with E-state index in [0.29, 0.717) is 12.4 Å². The van der Waals surface area contributed by atoms with E-state index in [-0.39, 0.29) is 17.2 Å². The molecule has 5 heteroatoms. The van der Waals surface area contributed by atoms with Gasteiger partial charge in [-0.25, -0.2) is 5.43 Å². The van der Waals surface area contributed by atoms with Gasteiger partial charge in [0.25, 0.3) is 0 Å². The highest BCUT2D eigenvalue weighted by molar-refractivity contribution is 9.10. The number of rotatable bonds is 8. The largest absolute Gasteiger partial charge is 0.488 e. The Morgan fingerprint density at radius 2 is 1.51 bits per heavy atom. The van der Waals surface area contributed by atoms with Crippen LogP contribution in [0.1, 0.15) is 28.7 Å². The zero-order valence-corrected chi connectivity index (χ0v) is 20.7. The van der Waals surface area contributed by atoms with E-state index in [4.69, 9.17) is 4.74 Å². The van der Waals surface area contributed by atoms with Gasteiger partial charge >= 0.3 is 0 Å². The summed E-state index contributed by atoms with van der Waals surface area (Å²) in [6.07, 6.45) is 2.39. The van der Waals surface area contributed by atoms with Gasteiger partial charge in [-0.1, -0.05) is 107 Å². The summed E-state index contributed by atoms with van der Waals surface area (Å²) in [5, 5.41) is 4.29. The summed E-state index contributed by atoms with van der Waals surface area (Å²) in [5.41, 5.74) is 6.62. The van der Waals surface area contributed by atoms with E-state index in [1.54, 1.807) is 6.21 Å². The van der Waals surface area contributed by atoms with Crippen molar-refractivity contribution < 1.29 is 9.53 Å². The average Bonchev–Trinajstić information content (AvgIpc) is 3.67. The lowest BCUT2D eigenvalue weighted by Gasteiger charge is -2.18. The van der Waals surface area contributed by atoms with E-state index < -0.39 is 0 Å². The van der Waals surface area contributed by atoms with Crippen molar-refractivity contribution in [3.05, 3.63) is 136 Å². The molecule has 1 atom stereocenters. The number of hydrogen-bond donors (Lipinski definition) is 1. The topological polar surface area (TPSA) is 50.7 Å². The Labute approximate surface area is 213 Å². The molecular weight excluding hydrogens is 500 g/mol. The minimum atomic E-state index is -0.318. The molecule has 1 aliphatic rings. The average molecular weight is 525 g/mol. The molecule has 1 N–H and O–H groups in total. The highest BCUT2D eigenvalue weighted by Gasteiger charge is 2.60. The van der Waals surface area contributed by atoms with Crippen LogP contribution in [-0.2, 0) is 16.8 Å². The molecule has 0 bridgehead atoms. The minimum Gasteiger partial charge on any atom is -0.488 e. The fraction of sp³-hybridized carbons (Fsp3) is 0.133. The molecule has 174 valence electrons. The van der Waals surface area contributed by atoms with E-state index >= 15 is 0 Å². The van der Waals surface area contributed by atoms with Crippen molar-refractivity contribution in [2.24, 2.45) is 11.0 Å². The van der Waals surface area contributed by atoms with Crippen molar-refractivity contribution in [1.82, 2.24) is 5.43 Å². The van der Waals surface area contributed by atoms with Crippen LogP contribution in [0.15, 0.2) is 119 Å². The summed E-state index contributed by atoms with van der Waals surface area (Å²) in [4.78, 5) is 13.2. The second-order valence-corrected chi connectivity index (χ2v) is 9.57. The Kier molecular flexibility index (Phi) is 6.77. The highest BCUT2D eigenvalue weighted by Crippen LogP contribution is 2.58. The molecule has 0 aromatic heterocycles. The molecule has 4 aromatic rings. The van der Waals surface area contributed by atoms with Crippen LogP contribution >= 0.6 is 15.9 Å². The van der Waals surface area contributed by atoms with Crippen LogP contribution in [0.4, 0.5) is 0 Å². The zero-order valence-electron chi connectivity index (χ0n) is 19.1. The Bertz CT molecular complexity index is 1290. The summed E-state index contributed by atoms with van der Waals surface area (Å²) < 4.78 is 6.93. The SMILES string of the molecule is O=C(N/N=C/c1cc(Br)ccc1OCc1ccccc1)C1CC1(c1ccccc1)c1ccccc1. The maximum atomic E-state index is 13.2. The normalized spacial score (nSPS) is 16.1. The number of carbonyl (C=O) groups is 1. The molecular formula is C30H25BrN2O2. The van der Waals surface area contributed by atoms with Crippen LogP contribution in [0.25, 0.3) is 0 Å². The monoisotopic (exact) mass is 524 g/mol. The van der Waals surface area contributed by atoms with Gasteiger partial charge in [-0.2, -0.15) is 5.10 Å². The molecule has 1 unspecified atom stereocenters. The smallest absolute Gasteiger partial charge is 0.244 e. The van der Waals surface area contributed by atoms with Crippen LogP contribution in [-0.4, -0.2) is 12.1 Å². The molecule has 35 heavy (non-hydrogen) atoms. The molecule has 0 radical (unpaired) electrons. The Hall–Kier alpha value is -3.70. The molecule has 1 amide bonds. The van der Waals surface area contributed by atoms with Crippen LogP contribution in [0.2, 0.25) is 0 Å². The number of ether oxygens (including phenoxy) is 1. The molecule has 0 spiro atoms. The summed E-state index contributed by atoms with van der Waals surface area (Å²) in [6, 6.07) is 36.2. The summed E-state index contributed by atoms with van der Waals surface area (Å²) in [7, 11) is 0. The van der Waals surface area contributed by atoms with E-state index in [1.807, 2.05) is 84.9 Å². The predicted molar refractivity (Wildman–Crippen MR) is 142 cm³/mol. The second kappa shape index (κ2) is 10.3. The fourth-order valence-corrected chi connectivity index (χ4v) is 4.96. The molecule has 4 aromatic carbocycles. The first-order chi connectivity index (χ1) is 17.2. The van der Waals surface area contributed by atoms with Gasteiger partial charge in [-0.05, 0) is 41.3 Å². The van der Waals surface area contributed by atoms with Crippen molar-refractivity contribution in [3.63, 3.8) is 0 Å². The quantitative estimate of drug-likeness (QED) is 0.211. The van der Waals surface area contributed by atoms with Crippen LogP contribution < -0.4 is 10.2 Å². The third-order valence-corrected chi connectivity index (χ3v) is 6.94. The summed E-state index contributed by atoms with van der Waals surface area (Å²) in [6.45, 7) is 0.453. The third-order valence-electron chi connectivity index (χ3n) is 6.44. The Balaban J connectivity index is 1.30. The first kappa shape index (κ1) is 23.1. The molecule has 1 aliphatic carbocycles. The molecule has 1 saturated carbocycles. The van der Waals surface area contributed by atoms with Gasteiger partial charge in [0.1, 0.15) is 12.4 Å². The van der Waals surface area contributed by atoms with E-state index in [0.717, 1.165) is 33.1 Å². The number of nitrogens with one attached hydrogen (secondary N) is 1. The van der Waals surface area contributed by atoms with Crippen LogP contribution in [0, 0.1) is 5.92 Å². The van der Waals surface area contributed by atoms with Gasteiger partial charge in [-0.3, -0.25) is 4.79 Å². The van der Waals surface area contributed by atoms with E-state index in [2.05, 4.69) is 50.7 Å². The first-order valence-corrected chi connectivity index (χ1v) is 12.4. The highest BCUT2D eigenvalue weighted by atomic mass is 79.9. The lowest BCUT2D eigenvalue weighted by molar-refractivity contribution is -0.122. The van der Waals surface area contributed by atoms with Crippen molar-refractivity contribution in [2.75, 3.05) is 0 Å². The van der Waals surface area contributed by atoms with E-state index in [1.165, 1.54) is 0 Å². The van der Waals surface area contributed by atoms with E-state index in [9.17, 15) is 4.79 Å². The number of halogens is 1. The first-order valence-electron chi connectivity index (χ1n) is 11.6. The second-order valence-electron chi connectivity index (χ2n) is 8.65. The number of hydrogen-bond acceptors (Lipinski definition) is 3. The number of benzene rings is 4. The number of amides is 1. The van der Waals surface area contributed by atoms with Crippen molar-refractivity contribution in [1.29, 1.82) is 0 Å². The van der Waals surface area contributed by atoms with Crippen molar-refractivity contribution in [3.8, 4) is 5.75 Å². The van der Waals surface area contributed by atoms with Gasteiger partial charge in [-0.15, -0.1) is 0 Å². The zero-order chi connectivity index (χ0) is 24.1. The number of nitrogens with zero attached hydrogens (tertiary/aromatic N) is 1. The maximum absolute atomic E-state index is 13.2. The van der Waals surface area contributed by atoms with Crippen molar-refractivity contribution in [2.45, 2.75) is 18.4 Å². The lowest BCUT2D eigenvalue weighted by Crippen LogP contribution is -2.25. The Morgan fingerprint density at radius 3 is 2.14 bits per heavy atom. The summed E-state index contributed by atoms with van der Waals surface area (Å²) in [5.74, 6) is 0.431.